The third kappa shape index (κ3) is 3.92. The fourth-order valence-corrected chi connectivity index (χ4v) is 2.53. The van der Waals surface area contributed by atoms with E-state index in [4.69, 9.17) is 4.74 Å². The predicted molar refractivity (Wildman–Crippen MR) is 92.6 cm³/mol. The lowest BCUT2D eigenvalue weighted by atomic mass is 10.0. The summed E-state index contributed by atoms with van der Waals surface area (Å²) in [5.74, 6) is -0.419. The lowest BCUT2D eigenvalue weighted by Crippen LogP contribution is -2.16. The summed E-state index contributed by atoms with van der Waals surface area (Å²) in [5, 5.41) is 19.5. The van der Waals surface area contributed by atoms with Crippen molar-refractivity contribution < 1.29 is 14.6 Å². The Morgan fingerprint density at radius 2 is 1.72 bits per heavy atom. The SMILES string of the molecule is CCOC(=O)Cn1nc(-c2ccccc2)c(C(O)c2ccccc2)n1. The second-order valence-corrected chi connectivity index (χ2v) is 5.45. The largest absolute Gasteiger partial charge is 0.465 e. The highest BCUT2D eigenvalue weighted by Gasteiger charge is 2.22. The molecule has 1 unspecified atom stereocenters. The minimum atomic E-state index is -0.938. The predicted octanol–water partition coefficient (Wildman–Crippen LogP) is 2.59. The Morgan fingerprint density at radius 1 is 1.08 bits per heavy atom. The molecule has 0 radical (unpaired) electrons. The van der Waals surface area contributed by atoms with Gasteiger partial charge >= 0.3 is 5.97 Å². The van der Waals surface area contributed by atoms with Crippen LogP contribution in [0, 0.1) is 0 Å². The van der Waals surface area contributed by atoms with Crippen molar-refractivity contribution in [1.82, 2.24) is 15.0 Å². The van der Waals surface area contributed by atoms with Gasteiger partial charge in [-0.1, -0.05) is 60.7 Å². The Balaban J connectivity index is 2.00. The number of carbonyl (C=O) groups is 1. The monoisotopic (exact) mass is 337 g/mol. The maximum Gasteiger partial charge on any atom is 0.329 e. The Morgan fingerprint density at radius 3 is 2.36 bits per heavy atom. The van der Waals surface area contributed by atoms with Crippen LogP contribution in [0.2, 0.25) is 0 Å². The first kappa shape index (κ1) is 16.9. The lowest BCUT2D eigenvalue weighted by molar-refractivity contribution is -0.144. The van der Waals surface area contributed by atoms with Gasteiger partial charge in [0.25, 0.3) is 0 Å². The molecule has 0 spiro atoms. The van der Waals surface area contributed by atoms with E-state index in [2.05, 4.69) is 10.2 Å². The molecule has 6 nitrogen and oxygen atoms in total. The zero-order valence-corrected chi connectivity index (χ0v) is 13.9. The van der Waals surface area contributed by atoms with Crippen LogP contribution in [0.3, 0.4) is 0 Å². The smallest absolute Gasteiger partial charge is 0.329 e. The number of rotatable bonds is 6. The van der Waals surface area contributed by atoms with Crippen molar-refractivity contribution in [3.8, 4) is 11.3 Å². The Bertz CT molecular complexity index is 832. The van der Waals surface area contributed by atoms with Crippen LogP contribution < -0.4 is 0 Å². The standard InChI is InChI=1S/C19H19N3O3/c1-2-25-16(23)13-22-20-17(14-9-5-3-6-10-14)18(21-22)19(24)15-11-7-4-8-12-15/h3-12,19,24H,2,13H2,1H3. The highest BCUT2D eigenvalue weighted by molar-refractivity contribution is 5.69. The number of ether oxygens (including phenoxy) is 1. The molecule has 1 atom stereocenters. The molecule has 0 aliphatic rings. The molecule has 0 aliphatic heterocycles. The minimum Gasteiger partial charge on any atom is -0.465 e. The molecule has 0 saturated heterocycles. The van der Waals surface area contributed by atoms with Crippen molar-refractivity contribution in [1.29, 1.82) is 0 Å². The summed E-state index contributed by atoms with van der Waals surface area (Å²) in [6.07, 6.45) is -0.938. The maximum atomic E-state index is 11.7. The summed E-state index contributed by atoms with van der Waals surface area (Å²) in [7, 11) is 0. The van der Waals surface area contributed by atoms with Crippen molar-refractivity contribution in [2.24, 2.45) is 0 Å². The van der Waals surface area contributed by atoms with Crippen LogP contribution in [0.1, 0.15) is 24.3 Å². The maximum absolute atomic E-state index is 11.7. The van der Waals surface area contributed by atoms with Crippen LogP contribution in [0.4, 0.5) is 0 Å². The second kappa shape index (κ2) is 7.72. The molecule has 1 N–H and O–H groups in total. The number of aliphatic hydroxyl groups is 1. The van der Waals surface area contributed by atoms with Gasteiger partial charge in [0.15, 0.2) is 6.54 Å². The van der Waals surface area contributed by atoms with Crippen LogP contribution in [0.5, 0.6) is 0 Å². The van der Waals surface area contributed by atoms with Gasteiger partial charge in [0.05, 0.1) is 6.61 Å². The summed E-state index contributed by atoms with van der Waals surface area (Å²) in [6, 6.07) is 18.7. The number of esters is 1. The van der Waals surface area contributed by atoms with E-state index in [-0.39, 0.29) is 6.54 Å². The van der Waals surface area contributed by atoms with Gasteiger partial charge in [-0.3, -0.25) is 0 Å². The first-order chi connectivity index (χ1) is 12.2. The Kier molecular flexibility index (Phi) is 5.20. The summed E-state index contributed by atoms with van der Waals surface area (Å²) < 4.78 is 4.94. The van der Waals surface area contributed by atoms with Gasteiger partial charge in [-0.05, 0) is 12.5 Å². The minimum absolute atomic E-state index is 0.102. The summed E-state index contributed by atoms with van der Waals surface area (Å²) >= 11 is 0. The highest BCUT2D eigenvalue weighted by atomic mass is 16.5. The Labute approximate surface area is 145 Å². The van der Waals surface area contributed by atoms with E-state index >= 15 is 0 Å². The van der Waals surface area contributed by atoms with E-state index in [0.29, 0.717) is 23.6 Å². The molecule has 0 saturated carbocycles. The van der Waals surface area contributed by atoms with Crippen LogP contribution in [-0.2, 0) is 16.1 Å². The van der Waals surface area contributed by atoms with E-state index in [0.717, 1.165) is 5.56 Å². The summed E-state index contributed by atoms with van der Waals surface area (Å²) in [6.45, 7) is 1.94. The first-order valence-electron chi connectivity index (χ1n) is 8.08. The van der Waals surface area contributed by atoms with Crippen molar-refractivity contribution in [3.05, 3.63) is 71.9 Å². The topological polar surface area (TPSA) is 77.2 Å². The van der Waals surface area contributed by atoms with Gasteiger partial charge in [0, 0.05) is 5.56 Å². The average molecular weight is 337 g/mol. The first-order valence-corrected chi connectivity index (χ1v) is 8.08. The number of aliphatic hydroxyl groups excluding tert-OH is 1. The van der Waals surface area contributed by atoms with Crippen molar-refractivity contribution in [3.63, 3.8) is 0 Å². The molecule has 2 aromatic carbocycles. The van der Waals surface area contributed by atoms with Crippen LogP contribution in [0.25, 0.3) is 11.3 Å². The third-order valence-corrected chi connectivity index (χ3v) is 3.68. The third-order valence-electron chi connectivity index (χ3n) is 3.68. The van der Waals surface area contributed by atoms with Gasteiger partial charge in [0.2, 0.25) is 0 Å². The average Bonchev–Trinajstić information content (AvgIpc) is 3.06. The molecular formula is C19H19N3O3. The normalized spacial score (nSPS) is 11.9. The second-order valence-electron chi connectivity index (χ2n) is 5.45. The van der Waals surface area contributed by atoms with Crippen molar-refractivity contribution >= 4 is 5.97 Å². The fraction of sp³-hybridized carbons (Fsp3) is 0.211. The van der Waals surface area contributed by atoms with E-state index in [1.165, 1.54) is 4.80 Å². The van der Waals surface area contributed by atoms with Crippen molar-refractivity contribution in [2.45, 2.75) is 19.6 Å². The van der Waals surface area contributed by atoms with E-state index < -0.39 is 12.1 Å². The van der Waals surface area contributed by atoms with Gasteiger partial charge < -0.3 is 9.84 Å². The van der Waals surface area contributed by atoms with Crippen molar-refractivity contribution in [2.75, 3.05) is 6.61 Å². The fourth-order valence-electron chi connectivity index (χ4n) is 2.53. The van der Waals surface area contributed by atoms with E-state index in [9.17, 15) is 9.90 Å². The van der Waals surface area contributed by atoms with E-state index in [1.807, 2.05) is 60.7 Å². The molecule has 25 heavy (non-hydrogen) atoms. The number of nitrogens with zero attached hydrogens (tertiary/aromatic N) is 3. The molecule has 0 fully saturated rings. The van der Waals surface area contributed by atoms with Crippen LogP contribution in [-0.4, -0.2) is 32.7 Å². The molecule has 0 amide bonds. The molecule has 3 rings (SSSR count). The molecule has 1 heterocycles. The van der Waals surface area contributed by atoms with Gasteiger partial charge in [-0.2, -0.15) is 15.0 Å². The van der Waals surface area contributed by atoms with Gasteiger partial charge in [-0.15, -0.1) is 0 Å². The highest BCUT2D eigenvalue weighted by Crippen LogP contribution is 2.28. The molecule has 0 bridgehead atoms. The zero-order chi connectivity index (χ0) is 17.6. The Hall–Kier alpha value is -2.99. The van der Waals surface area contributed by atoms with E-state index in [1.54, 1.807) is 6.92 Å². The van der Waals surface area contributed by atoms with Gasteiger partial charge in [-0.25, -0.2) is 4.79 Å². The summed E-state index contributed by atoms with van der Waals surface area (Å²) in [4.78, 5) is 13.0. The van der Waals surface area contributed by atoms with Crippen LogP contribution >= 0.6 is 0 Å². The molecule has 3 aromatic rings. The van der Waals surface area contributed by atoms with Gasteiger partial charge in [0.1, 0.15) is 17.5 Å². The number of hydrogen-bond donors (Lipinski definition) is 1. The lowest BCUT2D eigenvalue weighted by Gasteiger charge is -2.09. The summed E-state index contributed by atoms with van der Waals surface area (Å²) in [5.41, 5.74) is 2.48. The number of hydrogen-bond acceptors (Lipinski definition) is 5. The number of carbonyl (C=O) groups excluding carboxylic acids is 1. The molecule has 1 aromatic heterocycles. The zero-order valence-electron chi connectivity index (χ0n) is 13.9. The molecule has 6 heteroatoms. The quantitative estimate of drug-likeness (QED) is 0.700. The molecule has 128 valence electrons. The molecular weight excluding hydrogens is 318 g/mol. The van der Waals surface area contributed by atoms with Crippen LogP contribution in [0.15, 0.2) is 60.7 Å². The molecule has 0 aliphatic carbocycles. The number of aromatic nitrogens is 3. The number of benzene rings is 2.